The van der Waals surface area contributed by atoms with E-state index in [9.17, 15) is 18.3 Å². The fourth-order valence-electron chi connectivity index (χ4n) is 3.02. The van der Waals surface area contributed by atoms with Crippen LogP contribution >= 0.6 is 0 Å². The molecule has 150 valence electrons. The van der Waals surface area contributed by atoms with Crippen LogP contribution in [0.3, 0.4) is 0 Å². The predicted molar refractivity (Wildman–Crippen MR) is 105 cm³/mol. The second-order valence-corrected chi connectivity index (χ2v) is 8.31. The summed E-state index contributed by atoms with van der Waals surface area (Å²) in [6, 6.07) is 4.14. The highest BCUT2D eigenvalue weighted by Gasteiger charge is 2.18. The lowest BCUT2D eigenvalue weighted by atomic mass is 9.97. The monoisotopic (exact) mass is 396 g/mol. The number of ether oxygens (including phenoxy) is 1. The summed E-state index contributed by atoms with van der Waals surface area (Å²) in [6.45, 7) is 1.29. The van der Waals surface area contributed by atoms with Crippen molar-refractivity contribution in [1.29, 1.82) is 0 Å². The van der Waals surface area contributed by atoms with Crippen LogP contribution in [0.4, 0.5) is 5.69 Å². The number of hydrogen-bond donors (Lipinski definition) is 3. The normalized spacial score (nSPS) is 14.6. The van der Waals surface area contributed by atoms with Crippen LogP contribution < -0.4 is 10.0 Å². The first-order valence-electron chi connectivity index (χ1n) is 9.22. The molecule has 3 N–H and O–H groups in total. The van der Waals surface area contributed by atoms with Gasteiger partial charge in [-0.05, 0) is 56.7 Å². The zero-order valence-corrected chi connectivity index (χ0v) is 16.5. The third-order valence-corrected chi connectivity index (χ3v) is 5.95. The summed E-state index contributed by atoms with van der Waals surface area (Å²) in [7, 11) is -2.21. The van der Waals surface area contributed by atoms with Gasteiger partial charge < -0.3 is 15.2 Å². The van der Waals surface area contributed by atoms with Gasteiger partial charge in [0.2, 0.25) is 10.0 Å². The summed E-state index contributed by atoms with van der Waals surface area (Å²) in [5.74, 6) is -1.16. The Balaban J connectivity index is 2.04. The van der Waals surface area contributed by atoms with Gasteiger partial charge in [-0.25, -0.2) is 17.9 Å². The number of anilines is 1. The lowest BCUT2D eigenvalue weighted by Gasteiger charge is -2.15. The summed E-state index contributed by atoms with van der Waals surface area (Å²) in [4.78, 5) is 11.5. The van der Waals surface area contributed by atoms with Crippen LogP contribution in [0.15, 0.2) is 34.7 Å². The van der Waals surface area contributed by atoms with Crippen LogP contribution in [0.5, 0.6) is 0 Å². The van der Waals surface area contributed by atoms with Gasteiger partial charge in [-0.3, -0.25) is 0 Å². The Hall–Kier alpha value is -1.90. The molecule has 0 saturated heterocycles. The molecule has 0 amide bonds. The standard InChI is InChI=1S/C19H28N2O5S/c1-26-13-5-11-21-27(24,25)16-8-9-18(17(14-16)19(22)23)20-12-10-15-6-3-2-4-7-15/h6,8-9,14,20-21H,2-5,7,10-13H2,1H3,(H,22,23). The third kappa shape index (κ3) is 6.64. The van der Waals surface area contributed by atoms with Gasteiger partial charge in [0, 0.05) is 32.5 Å². The van der Waals surface area contributed by atoms with Gasteiger partial charge in [-0.15, -0.1) is 0 Å². The van der Waals surface area contributed by atoms with Crippen molar-refractivity contribution in [3.05, 3.63) is 35.4 Å². The van der Waals surface area contributed by atoms with Gasteiger partial charge in [0.15, 0.2) is 0 Å². The van der Waals surface area contributed by atoms with Gasteiger partial charge in [0.05, 0.1) is 10.5 Å². The highest BCUT2D eigenvalue weighted by atomic mass is 32.2. The second kappa shape index (κ2) is 10.4. The van der Waals surface area contributed by atoms with Crippen molar-refractivity contribution in [1.82, 2.24) is 4.72 Å². The molecule has 0 unspecified atom stereocenters. The van der Waals surface area contributed by atoms with E-state index < -0.39 is 16.0 Å². The van der Waals surface area contributed by atoms with Gasteiger partial charge in [-0.1, -0.05) is 11.6 Å². The molecule has 0 saturated carbocycles. The summed E-state index contributed by atoms with van der Waals surface area (Å²) in [5.41, 5.74) is 1.77. The molecular formula is C19H28N2O5S. The summed E-state index contributed by atoms with van der Waals surface area (Å²) < 4.78 is 32.0. The molecule has 8 heteroatoms. The van der Waals surface area contributed by atoms with Crippen LogP contribution in [0.1, 0.15) is 48.9 Å². The van der Waals surface area contributed by atoms with Crippen molar-refractivity contribution in [2.75, 3.05) is 32.1 Å². The van der Waals surface area contributed by atoms with Crippen molar-refractivity contribution >= 4 is 21.7 Å². The van der Waals surface area contributed by atoms with E-state index in [2.05, 4.69) is 16.1 Å². The molecule has 0 radical (unpaired) electrons. The summed E-state index contributed by atoms with van der Waals surface area (Å²) in [5, 5.41) is 12.6. The van der Waals surface area contributed by atoms with Crippen LogP contribution in [0.25, 0.3) is 0 Å². The number of methoxy groups -OCH3 is 1. The van der Waals surface area contributed by atoms with Crippen molar-refractivity contribution in [3.8, 4) is 0 Å². The van der Waals surface area contributed by atoms with Crippen molar-refractivity contribution < 1.29 is 23.1 Å². The molecule has 0 fully saturated rings. The van der Waals surface area contributed by atoms with E-state index in [-0.39, 0.29) is 17.0 Å². The zero-order valence-electron chi connectivity index (χ0n) is 15.7. The molecule has 0 spiro atoms. The van der Waals surface area contributed by atoms with Gasteiger partial charge >= 0.3 is 5.97 Å². The molecule has 7 nitrogen and oxygen atoms in total. The number of carbonyl (C=O) groups is 1. The molecule has 27 heavy (non-hydrogen) atoms. The number of nitrogens with one attached hydrogen (secondary N) is 2. The highest BCUT2D eigenvalue weighted by Crippen LogP contribution is 2.23. The quantitative estimate of drug-likeness (QED) is 0.392. The average Bonchev–Trinajstić information content (AvgIpc) is 2.66. The second-order valence-electron chi connectivity index (χ2n) is 6.54. The number of allylic oxidation sites excluding steroid dienone is 1. The Morgan fingerprint density at radius 3 is 2.74 bits per heavy atom. The highest BCUT2D eigenvalue weighted by molar-refractivity contribution is 7.89. The first-order valence-corrected chi connectivity index (χ1v) is 10.7. The molecular weight excluding hydrogens is 368 g/mol. The van der Waals surface area contributed by atoms with E-state index in [1.54, 1.807) is 7.11 Å². The third-order valence-electron chi connectivity index (χ3n) is 4.50. The van der Waals surface area contributed by atoms with Gasteiger partial charge in [0.25, 0.3) is 0 Å². The summed E-state index contributed by atoms with van der Waals surface area (Å²) >= 11 is 0. The Kier molecular flexibility index (Phi) is 8.27. The molecule has 0 atom stereocenters. The number of rotatable bonds is 11. The Morgan fingerprint density at radius 1 is 1.26 bits per heavy atom. The van der Waals surface area contributed by atoms with Gasteiger partial charge in [0.1, 0.15) is 0 Å². The van der Waals surface area contributed by atoms with Crippen molar-refractivity contribution in [2.24, 2.45) is 0 Å². The van der Waals surface area contributed by atoms with Crippen LogP contribution in [-0.2, 0) is 14.8 Å². The molecule has 0 aromatic heterocycles. The minimum atomic E-state index is -3.76. The smallest absolute Gasteiger partial charge is 0.337 e. The van der Waals surface area contributed by atoms with E-state index >= 15 is 0 Å². The largest absolute Gasteiger partial charge is 0.478 e. The van der Waals surface area contributed by atoms with E-state index in [1.165, 1.54) is 36.6 Å². The fourth-order valence-corrected chi connectivity index (χ4v) is 4.12. The molecule has 1 aliphatic carbocycles. The summed E-state index contributed by atoms with van der Waals surface area (Å²) in [6.07, 6.45) is 8.30. The van der Waals surface area contributed by atoms with E-state index in [0.29, 0.717) is 25.3 Å². The maximum absolute atomic E-state index is 12.3. The lowest BCUT2D eigenvalue weighted by molar-refractivity contribution is 0.0697. The first-order chi connectivity index (χ1) is 12.9. The predicted octanol–water partition coefficient (Wildman–Crippen LogP) is 3.00. The zero-order chi connectivity index (χ0) is 19.7. The Bertz CT molecular complexity index is 774. The minimum absolute atomic E-state index is 0.0487. The Labute approximate surface area is 160 Å². The SMILES string of the molecule is COCCCNS(=O)(=O)c1ccc(NCCC2=CCCCC2)c(C(=O)O)c1. The topological polar surface area (TPSA) is 105 Å². The van der Waals surface area contributed by atoms with Crippen LogP contribution in [0, 0.1) is 0 Å². The molecule has 1 aromatic carbocycles. The number of sulfonamides is 1. The molecule has 0 heterocycles. The van der Waals surface area contributed by atoms with E-state index in [0.717, 1.165) is 19.3 Å². The molecule has 0 bridgehead atoms. The van der Waals surface area contributed by atoms with E-state index in [4.69, 9.17) is 4.74 Å². The molecule has 1 aromatic rings. The molecule has 0 aliphatic heterocycles. The van der Waals surface area contributed by atoms with Crippen LogP contribution in [-0.4, -0.2) is 46.3 Å². The fraction of sp³-hybridized carbons (Fsp3) is 0.526. The number of aromatic carboxylic acids is 1. The number of benzene rings is 1. The van der Waals surface area contributed by atoms with Crippen LogP contribution in [0.2, 0.25) is 0 Å². The molecule has 1 aliphatic rings. The number of carboxylic acid groups (broad SMARTS) is 1. The minimum Gasteiger partial charge on any atom is -0.478 e. The number of carboxylic acids is 1. The van der Waals surface area contributed by atoms with Crippen molar-refractivity contribution in [2.45, 2.75) is 43.4 Å². The lowest BCUT2D eigenvalue weighted by Crippen LogP contribution is -2.26. The Morgan fingerprint density at radius 2 is 2.07 bits per heavy atom. The van der Waals surface area contributed by atoms with Crippen molar-refractivity contribution in [3.63, 3.8) is 0 Å². The first kappa shape index (κ1) is 21.4. The van der Waals surface area contributed by atoms with E-state index in [1.807, 2.05) is 0 Å². The maximum atomic E-state index is 12.3. The molecule has 2 rings (SSSR count). The average molecular weight is 397 g/mol. The van der Waals surface area contributed by atoms with Gasteiger partial charge in [-0.2, -0.15) is 0 Å². The number of hydrogen-bond acceptors (Lipinski definition) is 5. The maximum Gasteiger partial charge on any atom is 0.337 e.